The van der Waals surface area contributed by atoms with E-state index in [1.165, 1.54) is 0 Å². The number of nitrogens with zero attached hydrogens (tertiary/aromatic N) is 4. The van der Waals surface area contributed by atoms with Gasteiger partial charge in [0.2, 0.25) is 5.28 Å². The highest BCUT2D eigenvalue weighted by Gasteiger charge is 2.15. The molecule has 96 valence electrons. The number of aryl methyl sites for hydroxylation is 1. The van der Waals surface area contributed by atoms with E-state index in [0.29, 0.717) is 10.8 Å². The minimum absolute atomic E-state index is 0.192. The summed E-state index contributed by atoms with van der Waals surface area (Å²) >= 11 is 12.2. The van der Waals surface area contributed by atoms with E-state index in [1.54, 1.807) is 4.68 Å². The number of para-hydroxylation sites is 1. The van der Waals surface area contributed by atoms with Gasteiger partial charge in [-0.3, -0.25) is 0 Å². The smallest absolute Gasteiger partial charge is 0.218 e. The summed E-state index contributed by atoms with van der Waals surface area (Å²) in [5.74, 6) is 0.642. The van der Waals surface area contributed by atoms with Gasteiger partial charge in [0.1, 0.15) is 0 Å². The van der Waals surface area contributed by atoms with Crippen molar-refractivity contribution in [3.63, 3.8) is 0 Å². The first-order valence-corrected chi connectivity index (χ1v) is 6.48. The highest BCUT2D eigenvalue weighted by Crippen LogP contribution is 2.26. The van der Waals surface area contributed by atoms with E-state index < -0.39 is 0 Å². The van der Waals surface area contributed by atoms with Gasteiger partial charge in [-0.05, 0) is 37.6 Å². The normalized spacial score (nSPS) is 11.2. The third-order valence-electron chi connectivity index (χ3n) is 2.96. The first-order chi connectivity index (χ1) is 9.08. The molecule has 0 amide bonds. The van der Waals surface area contributed by atoms with Gasteiger partial charge in [-0.1, -0.05) is 23.7 Å². The van der Waals surface area contributed by atoms with E-state index in [9.17, 15) is 0 Å². The second-order valence-corrected chi connectivity index (χ2v) is 4.95. The highest BCUT2D eigenvalue weighted by atomic mass is 35.5. The first-order valence-electron chi connectivity index (χ1n) is 5.72. The van der Waals surface area contributed by atoms with E-state index in [1.807, 2.05) is 38.1 Å². The summed E-state index contributed by atoms with van der Waals surface area (Å²) in [5, 5.41) is 6.12. The third-order valence-corrected chi connectivity index (χ3v) is 3.68. The average Bonchev–Trinajstić information content (AvgIpc) is 2.65. The van der Waals surface area contributed by atoms with Gasteiger partial charge in [-0.15, -0.1) is 0 Å². The van der Waals surface area contributed by atoms with E-state index in [4.69, 9.17) is 23.2 Å². The van der Waals surface area contributed by atoms with Crippen molar-refractivity contribution in [2.75, 3.05) is 0 Å². The topological polar surface area (TPSA) is 43.6 Å². The zero-order valence-electron chi connectivity index (χ0n) is 10.4. The van der Waals surface area contributed by atoms with Crippen molar-refractivity contribution in [1.82, 2.24) is 19.7 Å². The molecule has 0 saturated carbocycles. The lowest BCUT2D eigenvalue weighted by atomic mass is 10.2. The molecule has 0 bridgehead atoms. The van der Waals surface area contributed by atoms with Crippen LogP contribution in [0.4, 0.5) is 0 Å². The summed E-state index contributed by atoms with van der Waals surface area (Å²) in [6, 6.07) is 7.66. The van der Waals surface area contributed by atoms with Crippen molar-refractivity contribution in [3.8, 4) is 5.82 Å². The quantitative estimate of drug-likeness (QED) is 0.642. The molecule has 0 saturated heterocycles. The zero-order chi connectivity index (χ0) is 13.6. The molecule has 2 aromatic heterocycles. The number of halogens is 2. The predicted octanol–water partition coefficient (Wildman–Crippen LogP) is 3.74. The lowest BCUT2D eigenvalue weighted by Crippen LogP contribution is -2.04. The first kappa shape index (κ1) is 12.4. The van der Waals surface area contributed by atoms with Crippen LogP contribution in [0.1, 0.15) is 11.4 Å². The van der Waals surface area contributed by atoms with Crippen LogP contribution in [-0.4, -0.2) is 19.7 Å². The van der Waals surface area contributed by atoms with Crippen LogP contribution < -0.4 is 0 Å². The average molecular weight is 293 g/mol. The molecule has 3 rings (SSSR count). The van der Waals surface area contributed by atoms with E-state index in [-0.39, 0.29) is 5.28 Å². The summed E-state index contributed by atoms with van der Waals surface area (Å²) in [7, 11) is 0. The molecule has 0 fully saturated rings. The Morgan fingerprint density at radius 2 is 1.79 bits per heavy atom. The Morgan fingerprint density at radius 3 is 2.47 bits per heavy atom. The number of benzene rings is 1. The van der Waals surface area contributed by atoms with Gasteiger partial charge in [0.05, 0.1) is 21.9 Å². The van der Waals surface area contributed by atoms with Gasteiger partial charge in [0.25, 0.3) is 0 Å². The Balaban J connectivity index is 2.38. The number of rotatable bonds is 1. The van der Waals surface area contributed by atoms with Gasteiger partial charge in [0, 0.05) is 5.39 Å². The molecule has 3 aromatic rings. The Labute approximate surface area is 120 Å². The third kappa shape index (κ3) is 1.97. The highest BCUT2D eigenvalue weighted by molar-refractivity contribution is 6.32. The Bertz CT molecular complexity index is 780. The Morgan fingerprint density at radius 1 is 1.05 bits per heavy atom. The van der Waals surface area contributed by atoms with E-state index in [0.717, 1.165) is 22.3 Å². The van der Waals surface area contributed by atoms with Crippen LogP contribution in [-0.2, 0) is 0 Å². The Hall–Kier alpha value is -1.65. The summed E-state index contributed by atoms with van der Waals surface area (Å²) in [4.78, 5) is 8.48. The standard InChI is InChI=1S/C13H10Cl2N4/c1-7-11(14)8(2)19(18-7)12-9-5-3-4-6-10(9)16-13(15)17-12/h3-6H,1-2H3. The minimum Gasteiger partial charge on any atom is -0.218 e. The molecule has 0 aliphatic rings. The molecule has 0 radical (unpaired) electrons. The van der Waals surface area contributed by atoms with E-state index in [2.05, 4.69) is 15.1 Å². The molecule has 2 heterocycles. The van der Waals surface area contributed by atoms with Crippen LogP contribution in [0.2, 0.25) is 10.3 Å². The zero-order valence-corrected chi connectivity index (χ0v) is 11.9. The molecular weight excluding hydrogens is 283 g/mol. The van der Waals surface area contributed by atoms with Crippen molar-refractivity contribution < 1.29 is 0 Å². The van der Waals surface area contributed by atoms with Crippen molar-refractivity contribution >= 4 is 34.1 Å². The van der Waals surface area contributed by atoms with Crippen LogP contribution >= 0.6 is 23.2 Å². The molecular formula is C13H10Cl2N4. The van der Waals surface area contributed by atoms with Crippen LogP contribution in [0, 0.1) is 13.8 Å². The number of hydrogen-bond donors (Lipinski definition) is 0. The fourth-order valence-electron chi connectivity index (χ4n) is 2.02. The second kappa shape index (κ2) is 4.47. The number of aromatic nitrogens is 4. The number of fused-ring (bicyclic) bond motifs is 1. The summed E-state index contributed by atoms with van der Waals surface area (Å²) in [6.07, 6.45) is 0. The maximum absolute atomic E-state index is 6.18. The van der Waals surface area contributed by atoms with Crippen LogP contribution in [0.5, 0.6) is 0 Å². The molecule has 0 aliphatic carbocycles. The molecule has 0 unspecified atom stereocenters. The summed E-state index contributed by atoms with van der Waals surface area (Å²) in [5.41, 5.74) is 2.37. The lowest BCUT2D eigenvalue weighted by molar-refractivity contribution is 0.810. The molecule has 4 nitrogen and oxygen atoms in total. The SMILES string of the molecule is Cc1nn(-c2nc(Cl)nc3ccccc23)c(C)c1Cl. The molecule has 1 aromatic carbocycles. The molecule has 0 aliphatic heterocycles. The van der Waals surface area contributed by atoms with Crippen LogP contribution in [0.25, 0.3) is 16.7 Å². The summed E-state index contributed by atoms with van der Waals surface area (Å²) in [6.45, 7) is 3.75. The largest absolute Gasteiger partial charge is 0.224 e. The van der Waals surface area contributed by atoms with Crippen LogP contribution in [0.15, 0.2) is 24.3 Å². The van der Waals surface area contributed by atoms with Gasteiger partial charge >= 0.3 is 0 Å². The van der Waals surface area contributed by atoms with Crippen LogP contribution in [0.3, 0.4) is 0 Å². The minimum atomic E-state index is 0.192. The van der Waals surface area contributed by atoms with Gasteiger partial charge in [-0.2, -0.15) is 10.1 Å². The molecule has 19 heavy (non-hydrogen) atoms. The maximum atomic E-state index is 6.18. The molecule has 6 heteroatoms. The maximum Gasteiger partial charge on any atom is 0.224 e. The molecule has 0 atom stereocenters. The van der Waals surface area contributed by atoms with Crippen molar-refractivity contribution in [2.24, 2.45) is 0 Å². The van der Waals surface area contributed by atoms with Gasteiger partial charge in [0.15, 0.2) is 5.82 Å². The van der Waals surface area contributed by atoms with E-state index >= 15 is 0 Å². The lowest BCUT2D eigenvalue weighted by Gasteiger charge is -2.07. The van der Waals surface area contributed by atoms with Gasteiger partial charge in [-0.25, -0.2) is 9.67 Å². The fraction of sp³-hybridized carbons (Fsp3) is 0.154. The van der Waals surface area contributed by atoms with Crippen molar-refractivity contribution in [3.05, 3.63) is 46.0 Å². The number of hydrogen-bond acceptors (Lipinski definition) is 3. The monoisotopic (exact) mass is 292 g/mol. The predicted molar refractivity (Wildman–Crippen MR) is 76.2 cm³/mol. The molecule has 0 N–H and O–H groups in total. The fourth-order valence-corrected chi connectivity index (χ4v) is 2.31. The Kier molecular flexibility index (Phi) is 2.92. The second-order valence-electron chi connectivity index (χ2n) is 4.23. The summed E-state index contributed by atoms with van der Waals surface area (Å²) < 4.78 is 1.70. The van der Waals surface area contributed by atoms with Gasteiger partial charge < -0.3 is 0 Å². The molecule has 0 spiro atoms. The van der Waals surface area contributed by atoms with Crippen molar-refractivity contribution in [2.45, 2.75) is 13.8 Å². The van der Waals surface area contributed by atoms with Crippen molar-refractivity contribution in [1.29, 1.82) is 0 Å².